The normalized spacial score (nSPS) is 19.5. The van der Waals surface area contributed by atoms with E-state index < -0.39 is 12.1 Å². The van der Waals surface area contributed by atoms with Gasteiger partial charge in [-0.2, -0.15) is 13.2 Å². The Labute approximate surface area is 187 Å². The van der Waals surface area contributed by atoms with Gasteiger partial charge in [0.1, 0.15) is 0 Å². The minimum absolute atomic E-state index is 0.107. The van der Waals surface area contributed by atoms with Gasteiger partial charge in [-0.3, -0.25) is 14.8 Å². The molecule has 0 spiro atoms. The number of rotatable bonds is 7. The molecule has 32 heavy (non-hydrogen) atoms. The second-order valence-corrected chi connectivity index (χ2v) is 7.70. The van der Waals surface area contributed by atoms with E-state index in [4.69, 9.17) is 0 Å². The fourth-order valence-corrected chi connectivity index (χ4v) is 3.39. The summed E-state index contributed by atoms with van der Waals surface area (Å²) in [4.78, 5) is 26.4. The zero-order chi connectivity index (χ0) is 23.6. The van der Waals surface area contributed by atoms with Crippen molar-refractivity contribution in [2.24, 2.45) is 21.8 Å². The molecule has 0 aromatic carbocycles. The molecule has 0 N–H and O–H groups in total. The van der Waals surface area contributed by atoms with Crippen LogP contribution >= 0.6 is 0 Å². The summed E-state index contributed by atoms with van der Waals surface area (Å²) in [5, 5.41) is 0. The third kappa shape index (κ3) is 7.90. The van der Waals surface area contributed by atoms with Crippen LogP contribution in [-0.4, -0.2) is 54.2 Å². The Morgan fingerprint density at radius 3 is 2.84 bits per heavy atom. The molecule has 2 rings (SSSR count). The first-order chi connectivity index (χ1) is 15.2. The second-order valence-electron chi connectivity index (χ2n) is 7.70. The maximum atomic E-state index is 12.7. The van der Waals surface area contributed by atoms with Gasteiger partial charge in [-0.25, -0.2) is 4.99 Å². The SMILES string of the molecule is C=C/C(=C\C=C\C(=O)N1CCCC(Cc2cccnc2)C1)C(N=CC(C)C(F)(F)F)=NC. The van der Waals surface area contributed by atoms with Crippen LogP contribution in [0.5, 0.6) is 0 Å². The first kappa shape index (κ1) is 25.2. The lowest BCUT2D eigenvalue weighted by atomic mass is 9.92. The number of alkyl halides is 3. The van der Waals surface area contributed by atoms with Crippen molar-refractivity contribution in [3.8, 4) is 0 Å². The van der Waals surface area contributed by atoms with E-state index in [2.05, 4.69) is 21.5 Å². The highest BCUT2D eigenvalue weighted by Gasteiger charge is 2.34. The number of hydrogen-bond acceptors (Lipinski definition) is 3. The van der Waals surface area contributed by atoms with E-state index in [0.717, 1.165) is 38.0 Å². The largest absolute Gasteiger partial charge is 0.396 e. The highest BCUT2D eigenvalue weighted by molar-refractivity contribution is 6.05. The van der Waals surface area contributed by atoms with Gasteiger partial charge in [-0.15, -0.1) is 0 Å². The van der Waals surface area contributed by atoms with Crippen LogP contribution in [0.25, 0.3) is 0 Å². The first-order valence-electron chi connectivity index (χ1n) is 10.5. The van der Waals surface area contributed by atoms with Crippen LogP contribution in [0.4, 0.5) is 13.2 Å². The lowest BCUT2D eigenvalue weighted by Gasteiger charge is -2.32. The van der Waals surface area contributed by atoms with Crippen LogP contribution in [0.2, 0.25) is 0 Å². The molecule has 5 nitrogen and oxygen atoms in total. The van der Waals surface area contributed by atoms with Gasteiger partial charge in [0.05, 0.1) is 5.92 Å². The van der Waals surface area contributed by atoms with Crippen molar-refractivity contribution in [3.63, 3.8) is 0 Å². The zero-order valence-electron chi connectivity index (χ0n) is 18.4. The van der Waals surface area contributed by atoms with E-state index >= 15 is 0 Å². The Morgan fingerprint density at radius 2 is 2.22 bits per heavy atom. The molecule has 2 atom stereocenters. The number of halogens is 3. The van der Waals surface area contributed by atoms with E-state index in [-0.39, 0.29) is 11.7 Å². The fourth-order valence-electron chi connectivity index (χ4n) is 3.39. The zero-order valence-corrected chi connectivity index (χ0v) is 18.4. The summed E-state index contributed by atoms with van der Waals surface area (Å²) in [7, 11) is 1.44. The van der Waals surface area contributed by atoms with E-state index in [1.165, 1.54) is 19.2 Å². The van der Waals surface area contributed by atoms with Gasteiger partial charge in [0, 0.05) is 50.4 Å². The van der Waals surface area contributed by atoms with Crippen molar-refractivity contribution in [2.75, 3.05) is 20.1 Å². The molecule has 0 bridgehead atoms. The Kier molecular flexibility index (Phi) is 9.56. The second kappa shape index (κ2) is 12.1. The monoisotopic (exact) mass is 446 g/mol. The van der Waals surface area contributed by atoms with Crippen LogP contribution in [0.1, 0.15) is 25.3 Å². The summed E-state index contributed by atoms with van der Waals surface area (Å²) in [6, 6.07) is 3.95. The number of nitrogens with zero attached hydrogens (tertiary/aromatic N) is 4. The number of amides is 1. The number of allylic oxidation sites excluding steroid dienone is 2. The highest BCUT2D eigenvalue weighted by atomic mass is 19.4. The molecular formula is C24H29F3N4O. The van der Waals surface area contributed by atoms with Crippen molar-refractivity contribution in [1.29, 1.82) is 0 Å². The number of carbonyl (C=O) groups excluding carboxylic acids is 1. The molecule has 1 aliphatic rings. The maximum Gasteiger partial charge on any atom is 0.396 e. The van der Waals surface area contributed by atoms with Crippen molar-refractivity contribution >= 4 is 18.0 Å². The molecule has 1 saturated heterocycles. The smallest absolute Gasteiger partial charge is 0.339 e. The number of carbonyl (C=O) groups is 1. The highest BCUT2D eigenvalue weighted by Crippen LogP contribution is 2.24. The number of aliphatic imine (C=N–C) groups is 2. The van der Waals surface area contributed by atoms with E-state index in [1.54, 1.807) is 18.3 Å². The van der Waals surface area contributed by atoms with Gasteiger partial charge in [-0.1, -0.05) is 30.9 Å². The van der Waals surface area contributed by atoms with Gasteiger partial charge >= 0.3 is 6.18 Å². The third-order valence-electron chi connectivity index (χ3n) is 5.22. The third-order valence-corrected chi connectivity index (χ3v) is 5.22. The quantitative estimate of drug-likeness (QED) is 0.261. The van der Waals surface area contributed by atoms with E-state index in [9.17, 15) is 18.0 Å². The van der Waals surface area contributed by atoms with Crippen molar-refractivity contribution in [1.82, 2.24) is 9.88 Å². The Hall–Kier alpha value is -3.03. The van der Waals surface area contributed by atoms with Crippen LogP contribution in [-0.2, 0) is 11.2 Å². The molecule has 0 saturated carbocycles. The molecule has 0 radical (unpaired) electrons. The van der Waals surface area contributed by atoms with Gasteiger partial charge in [0.15, 0.2) is 5.84 Å². The molecule has 1 amide bonds. The Morgan fingerprint density at radius 1 is 1.44 bits per heavy atom. The number of likely N-dealkylation sites (tertiary alicyclic amines) is 1. The number of amidine groups is 1. The van der Waals surface area contributed by atoms with Crippen LogP contribution < -0.4 is 0 Å². The minimum atomic E-state index is -4.37. The maximum absolute atomic E-state index is 12.7. The van der Waals surface area contributed by atoms with Crippen LogP contribution in [0, 0.1) is 11.8 Å². The molecule has 1 aliphatic heterocycles. The van der Waals surface area contributed by atoms with Crippen molar-refractivity contribution in [3.05, 3.63) is 66.5 Å². The lowest BCUT2D eigenvalue weighted by molar-refractivity contribution is -0.149. The summed E-state index contributed by atoms with van der Waals surface area (Å²) in [6.45, 7) is 6.06. The molecule has 2 heterocycles. The van der Waals surface area contributed by atoms with E-state index in [1.807, 2.05) is 23.2 Å². The topological polar surface area (TPSA) is 57.9 Å². The predicted molar refractivity (Wildman–Crippen MR) is 122 cm³/mol. The van der Waals surface area contributed by atoms with Crippen molar-refractivity contribution in [2.45, 2.75) is 32.4 Å². The molecule has 2 unspecified atom stereocenters. The summed E-state index contributed by atoms with van der Waals surface area (Å²) >= 11 is 0. The molecule has 1 aromatic rings. The molecule has 172 valence electrons. The van der Waals surface area contributed by atoms with Gasteiger partial charge in [0.25, 0.3) is 0 Å². The average molecular weight is 447 g/mol. The number of hydrogen-bond donors (Lipinski definition) is 0. The summed E-state index contributed by atoms with van der Waals surface area (Å²) < 4.78 is 38.0. The number of pyridine rings is 1. The predicted octanol–water partition coefficient (Wildman–Crippen LogP) is 4.83. The Balaban J connectivity index is 1.99. The number of aromatic nitrogens is 1. The van der Waals surface area contributed by atoms with Gasteiger partial charge in [0.2, 0.25) is 5.91 Å². The summed E-state index contributed by atoms with van der Waals surface area (Å²) in [5.74, 6) is -1.30. The lowest BCUT2D eigenvalue weighted by Crippen LogP contribution is -2.39. The molecule has 1 fully saturated rings. The summed E-state index contributed by atoms with van der Waals surface area (Å²) in [5.41, 5.74) is 1.59. The molecule has 8 heteroatoms. The summed E-state index contributed by atoms with van der Waals surface area (Å²) in [6.07, 6.45) is 8.94. The van der Waals surface area contributed by atoms with Crippen molar-refractivity contribution < 1.29 is 18.0 Å². The average Bonchev–Trinajstić information content (AvgIpc) is 2.78. The molecular weight excluding hydrogens is 417 g/mol. The van der Waals surface area contributed by atoms with Crippen LogP contribution in [0.15, 0.2) is 71.0 Å². The van der Waals surface area contributed by atoms with Gasteiger partial charge < -0.3 is 4.90 Å². The fraction of sp³-hybridized carbons (Fsp3) is 0.417. The standard InChI is InChI=1S/C24H29F3N4O/c1-4-21(23(28-3)30-15-18(2)24(25,26)27)10-5-11-22(32)31-13-7-9-20(17-31)14-19-8-6-12-29-16-19/h4-6,8,10-12,15-16,18,20H,1,7,9,13-14,17H2,2-3H3/b11-5+,21-10+,28-23?,30-15?. The van der Waals surface area contributed by atoms with Crippen LogP contribution in [0.3, 0.4) is 0 Å². The van der Waals surface area contributed by atoms with Gasteiger partial charge in [-0.05, 0) is 43.7 Å². The molecule has 1 aromatic heterocycles. The molecule has 0 aliphatic carbocycles. The first-order valence-corrected chi connectivity index (χ1v) is 10.5. The minimum Gasteiger partial charge on any atom is -0.339 e. The Bertz CT molecular complexity index is 888. The number of piperidine rings is 1. The van der Waals surface area contributed by atoms with E-state index in [0.29, 0.717) is 24.6 Å².